The standard InChI is InChI=1S/C29H28N6O/c1-20-7-11-23(12-8-20)26-17-27(24-13-9-21(2)10-14-24)35-29(30-31-32-35)34(26)19-28(36)33-16-15-22-5-3-4-6-25(22)18-33/h3-14,17,27H,15-16,18-19H2,1-2H3. The van der Waals surface area contributed by atoms with Gasteiger partial charge in [0.15, 0.2) is 0 Å². The predicted molar refractivity (Wildman–Crippen MR) is 139 cm³/mol. The van der Waals surface area contributed by atoms with Gasteiger partial charge in [-0.05, 0) is 59.0 Å². The van der Waals surface area contributed by atoms with E-state index >= 15 is 0 Å². The third-order valence-electron chi connectivity index (χ3n) is 7.13. The van der Waals surface area contributed by atoms with Gasteiger partial charge in [0.25, 0.3) is 5.95 Å². The molecule has 0 fully saturated rings. The number of tetrazole rings is 1. The second kappa shape index (κ2) is 9.07. The lowest BCUT2D eigenvalue weighted by Gasteiger charge is -2.35. The van der Waals surface area contributed by atoms with Crippen molar-refractivity contribution in [2.24, 2.45) is 0 Å². The highest BCUT2D eigenvalue weighted by Gasteiger charge is 2.33. The fourth-order valence-electron chi connectivity index (χ4n) is 5.04. The Balaban J connectivity index is 1.37. The van der Waals surface area contributed by atoms with E-state index in [0.717, 1.165) is 23.2 Å². The Morgan fingerprint density at radius 3 is 2.36 bits per heavy atom. The van der Waals surface area contributed by atoms with E-state index in [9.17, 15) is 4.79 Å². The number of carbonyl (C=O) groups excluding carboxylic acids is 1. The molecule has 2 aliphatic rings. The van der Waals surface area contributed by atoms with Crippen LogP contribution in [0.1, 0.15) is 39.4 Å². The van der Waals surface area contributed by atoms with E-state index in [2.05, 4.69) is 102 Å². The number of allylic oxidation sites excluding steroid dienone is 1. The van der Waals surface area contributed by atoms with E-state index in [-0.39, 0.29) is 18.5 Å². The molecule has 0 spiro atoms. The number of nitrogens with zero attached hydrogens (tertiary/aromatic N) is 6. The molecule has 0 bridgehead atoms. The molecule has 180 valence electrons. The van der Waals surface area contributed by atoms with Crippen molar-refractivity contribution in [1.29, 1.82) is 0 Å². The lowest BCUT2D eigenvalue weighted by atomic mass is 9.99. The number of rotatable bonds is 4. The van der Waals surface area contributed by atoms with Crippen molar-refractivity contribution in [3.63, 3.8) is 0 Å². The quantitative estimate of drug-likeness (QED) is 0.439. The highest BCUT2D eigenvalue weighted by molar-refractivity contribution is 5.89. The van der Waals surface area contributed by atoms with E-state index < -0.39 is 0 Å². The number of amides is 1. The first-order valence-electron chi connectivity index (χ1n) is 12.3. The van der Waals surface area contributed by atoms with Gasteiger partial charge >= 0.3 is 0 Å². The molecule has 1 aromatic heterocycles. The lowest BCUT2D eigenvalue weighted by Crippen LogP contribution is -2.44. The van der Waals surface area contributed by atoms with Crippen molar-refractivity contribution in [1.82, 2.24) is 25.1 Å². The molecular formula is C29H28N6O. The van der Waals surface area contributed by atoms with Gasteiger partial charge in [-0.2, -0.15) is 4.68 Å². The van der Waals surface area contributed by atoms with E-state index in [1.165, 1.54) is 22.3 Å². The Bertz CT molecular complexity index is 1440. The maximum absolute atomic E-state index is 13.6. The zero-order chi connectivity index (χ0) is 24.6. The van der Waals surface area contributed by atoms with Gasteiger partial charge in [-0.3, -0.25) is 9.69 Å². The van der Waals surface area contributed by atoms with Crippen LogP contribution in [-0.4, -0.2) is 44.1 Å². The molecule has 2 aliphatic heterocycles. The van der Waals surface area contributed by atoms with Crippen LogP contribution < -0.4 is 4.90 Å². The fraction of sp³-hybridized carbons (Fsp3) is 0.241. The number of hydrogen-bond donors (Lipinski definition) is 0. The second-order valence-corrected chi connectivity index (χ2v) is 9.62. The highest BCUT2D eigenvalue weighted by atomic mass is 16.2. The molecule has 0 N–H and O–H groups in total. The van der Waals surface area contributed by atoms with Crippen LogP contribution in [0.25, 0.3) is 5.70 Å². The van der Waals surface area contributed by atoms with Crippen molar-refractivity contribution in [2.75, 3.05) is 18.0 Å². The minimum Gasteiger partial charge on any atom is -0.336 e. The molecule has 1 atom stereocenters. The van der Waals surface area contributed by atoms with Gasteiger partial charge in [0, 0.05) is 13.1 Å². The van der Waals surface area contributed by atoms with Crippen LogP contribution in [0.15, 0.2) is 78.9 Å². The zero-order valence-electron chi connectivity index (χ0n) is 20.5. The summed E-state index contributed by atoms with van der Waals surface area (Å²) in [6, 6.07) is 25.0. The molecule has 3 heterocycles. The van der Waals surface area contributed by atoms with Crippen molar-refractivity contribution in [2.45, 2.75) is 32.9 Å². The van der Waals surface area contributed by atoms with Crippen molar-refractivity contribution >= 4 is 17.6 Å². The van der Waals surface area contributed by atoms with Gasteiger partial charge in [-0.15, -0.1) is 0 Å². The van der Waals surface area contributed by atoms with E-state index in [4.69, 9.17) is 0 Å². The van der Waals surface area contributed by atoms with E-state index in [1.807, 2.05) is 15.9 Å². The Kier molecular flexibility index (Phi) is 5.60. The molecule has 3 aromatic carbocycles. The summed E-state index contributed by atoms with van der Waals surface area (Å²) in [5.74, 6) is 0.635. The molecule has 0 saturated heterocycles. The molecule has 36 heavy (non-hydrogen) atoms. The van der Waals surface area contributed by atoms with Gasteiger partial charge < -0.3 is 4.90 Å². The third kappa shape index (κ3) is 4.06. The van der Waals surface area contributed by atoms with Gasteiger partial charge in [0.2, 0.25) is 5.91 Å². The van der Waals surface area contributed by atoms with Crippen molar-refractivity contribution in [3.8, 4) is 0 Å². The van der Waals surface area contributed by atoms with E-state index in [1.54, 1.807) is 4.68 Å². The average Bonchev–Trinajstić information content (AvgIpc) is 3.40. The smallest absolute Gasteiger partial charge is 0.251 e. The number of carbonyl (C=O) groups is 1. The van der Waals surface area contributed by atoms with Crippen LogP contribution in [0.5, 0.6) is 0 Å². The molecule has 6 rings (SSSR count). The molecule has 7 nitrogen and oxygen atoms in total. The van der Waals surface area contributed by atoms with E-state index in [0.29, 0.717) is 19.0 Å². The number of benzene rings is 3. The van der Waals surface area contributed by atoms with Crippen LogP contribution >= 0.6 is 0 Å². The normalized spacial score (nSPS) is 16.8. The largest absolute Gasteiger partial charge is 0.336 e. The number of fused-ring (bicyclic) bond motifs is 2. The summed E-state index contributed by atoms with van der Waals surface area (Å²) in [6.07, 6.45) is 3.04. The molecule has 1 unspecified atom stereocenters. The first-order valence-corrected chi connectivity index (χ1v) is 12.3. The Morgan fingerprint density at radius 2 is 1.61 bits per heavy atom. The maximum atomic E-state index is 13.6. The second-order valence-electron chi connectivity index (χ2n) is 9.62. The molecule has 0 saturated carbocycles. The predicted octanol–water partition coefficient (Wildman–Crippen LogP) is 4.33. The van der Waals surface area contributed by atoms with Crippen LogP contribution in [-0.2, 0) is 17.8 Å². The first-order chi connectivity index (χ1) is 17.6. The van der Waals surface area contributed by atoms with Gasteiger partial charge in [0.1, 0.15) is 12.6 Å². The summed E-state index contributed by atoms with van der Waals surface area (Å²) in [5.41, 5.74) is 7.99. The van der Waals surface area contributed by atoms with Gasteiger partial charge in [0.05, 0.1) is 5.70 Å². The minimum absolute atomic E-state index is 0.0610. The molecule has 0 aliphatic carbocycles. The summed E-state index contributed by atoms with van der Waals surface area (Å²) in [5, 5.41) is 12.7. The van der Waals surface area contributed by atoms with Gasteiger partial charge in [-0.25, -0.2) is 0 Å². The third-order valence-corrected chi connectivity index (χ3v) is 7.13. The number of aromatic nitrogens is 4. The van der Waals surface area contributed by atoms with Gasteiger partial charge in [-0.1, -0.05) is 89.0 Å². The van der Waals surface area contributed by atoms with Crippen molar-refractivity contribution in [3.05, 3.63) is 112 Å². The summed E-state index contributed by atoms with van der Waals surface area (Å²) in [7, 11) is 0. The van der Waals surface area contributed by atoms with Crippen LogP contribution in [0.2, 0.25) is 0 Å². The molecule has 1 amide bonds. The molecule has 4 aromatic rings. The highest BCUT2D eigenvalue weighted by Crippen LogP contribution is 2.36. The fourth-order valence-corrected chi connectivity index (χ4v) is 5.04. The van der Waals surface area contributed by atoms with Crippen LogP contribution in [0.4, 0.5) is 5.95 Å². The monoisotopic (exact) mass is 476 g/mol. The van der Waals surface area contributed by atoms with Crippen LogP contribution in [0.3, 0.4) is 0 Å². The summed E-state index contributed by atoms with van der Waals surface area (Å²) in [6.45, 7) is 5.66. The summed E-state index contributed by atoms with van der Waals surface area (Å²) in [4.78, 5) is 17.5. The molecule has 0 radical (unpaired) electrons. The summed E-state index contributed by atoms with van der Waals surface area (Å²) >= 11 is 0. The average molecular weight is 477 g/mol. The SMILES string of the molecule is Cc1ccc(C2=CC(c3ccc(C)cc3)n3nnnc3N2CC(=O)N2CCc3ccccc3C2)cc1. The zero-order valence-corrected chi connectivity index (χ0v) is 20.5. The van der Waals surface area contributed by atoms with Crippen molar-refractivity contribution < 1.29 is 4.79 Å². The first kappa shape index (κ1) is 22.2. The maximum Gasteiger partial charge on any atom is 0.251 e. The lowest BCUT2D eigenvalue weighted by molar-refractivity contribution is -0.130. The Morgan fingerprint density at radius 1 is 0.917 bits per heavy atom. The number of aryl methyl sites for hydroxylation is 2. The molecular weight excluding hydrogens is 448 g/mol. The van der Waals surface area contributed by atoms with Crippen LogP contribution in [0, 0.1) is 13.8 Å². The Labute approximate surface area is 210 Å². The number of hydrogen-bond acceptors (Lipinski definition) is 5. The topological polar surface area (TPSA) is 67.2 Å². The minimum atomic E-state index is -0.167. The Hall–Kier alpha value is -4.26. The number of anilines is 1. The summed E-state index contributed by atoms with van der Waals surface area (Å²) < 4.78 is 1.81. The molecule has 7 heteroatoms.